The summed E-state index contributed by atoms with van der Waals surface area (Å²) in [5, 5.41) is 0. The first-order valence-electron chi connectivity index (χ1n) is 6.14. The van der Waals surface area contributed by atoms with Gasteiger partial charge in [-0.15, -0.1) is 0 Å². The Hall–Kier alpha value is -1.09. The van der Waals surface area contributed by atoms with E-state index in [-0.39, 0.29) is 0 Å². The van der Waals surface area contributed by atoms with Gasteiger partial charge in [0.05, 0.1) is 0 Å². The number of pyridine rings is 1. The Balaban J connectivity index is 2.92. The zero-order chi connectivity index (χ0) is 12.0. The molecule has 0 aliphatic rings. The molecule has 0 unspecified atom stereocenters. The molecule has 0 saturated carbocycles. The molecule has 0 fully saturated rings. The lowest BCUT2D eigenvalue weighted by Crippen LogP contribution is -2.26. The molecule has 0 aliphatic carbocycles. The van der Waals surface area contributed by atoms with Crippen LogP contribution in [0, 0.1) is 6.92 Å². The molecule has 0 amide bonds. The van der Waals surface area contributed by atoms with Gasteiger partial charge in [-0.1, -0.05) is 19.4 Å². The largest absolute Gasteiger partial charge is 0.357 e. The summed E-state index contributed by atoms with van der Waals surface area (Å²) in [5.41, 5.74) is 7.95. The van der Waals surface area contributed by atoms with Crippen molar-refractivity contribution in [3.05, 3.63) is 23.4 Å². The molecule has 1 aromatic heterocycles. The van der Waals surface area contributed by atoms with Crippen LogP contribution in [0.15, 0.2) is 12.1 Å². The molecule has 0 saturated heterocycles. The molecule has 90 valence electrons. The summed E-state index contributed by atoms with van der Waals surface area (Å²) in [5.74, 6) is 1.07. The number of rotatable bonds is 6. The van der Waals surface area contributed by atoms with Gasteiger partial charge in [-0.3, -0.25) is 0 Å². The molecule has 0 atom stereocenters. The summed E-state index contributed by atoms with van der Waals surface area (Å²) in [6, 6.07) is 4.12. The molecule has 2 N–H and O–H groups in total. The van der Waals surface area contributed by atoms with E-state index >= 15 is 0 Å². The first-order valence-corrected chi connectivity index (χ1v) is 6.14. The fourth-order valence-electron chi connectivity index (χ4n) is 1.77. The Kier molecular flexibility index (Phi) is 5.26. The molecule has 0 spiro atoms. The zero-order valence-electron chi connectivity index (χ0n) is 10.7. The van der Waals surface area contributed by atoms with Crippen LogP contribution in [0.4, 0.5) is 5.82 Å². The highest BCUT2D eigenvalue weighted by Crippen LogP contribution is 2.18. The molecule has 3 heteroatoms. The van der Waals surface area contributed by atoms with Crippen LogP contribution in [0.3, 0.4) is 0 Å². The second-order valence-corrected chi connectivity index (χ2v) is 4.07. The standard InChI is InChI=1S/C13H23N3/c1-4-6-9-16(5-2)13-12(10-14)8-7-11(3)15-13/h7-8H,4-6,9-10,14H2,1-3H3. The van der Waals surface area contributed by atoms with Crippen molar-refractivity contribution in [2.45, 2.75) is 40.2 Å². The smallest absolute Gasteiger partial charge is 0.133 e. The van der Waals surface area contributed by atoms with Gasteiger partial charge in [0.1, 0.15) is 5.82 Å². The van der Waals surface area contributed by atoms with Crippen LogP contribution < -0.4 is 10.6 Å². The van der Waals surface area contributed by atoms with Crippen molar-refractivity contribution < 1.29 is 0 Å². The van der Waals surface area contributed by atoms with E-state index in [1.54, 1.807) is 0 Å². The number of nitrogens with two attached hydrogens (primary N) is 1. The van der Waals surface area contributed by atoms with Crippen LogP contribution in [0.1, 0.15) is 37.9 Å². The van der Waals surface area contributed by atoms with Gasteiger partial charge >= 0.3 is 0 Å². The van der Waals surface area contributed by atoms with Crippen LogP contribution in [-0.4, -0.2) is 18.1 Å². The van der Waals surface area contributed by atoms with Crippen LogP contribution in [0.25, 0.3) is 0 Å². The molecule has 0 bridgehead atoms. The lowest BCUT2D eigenvalue weighted by Gasteiger charge is -2.24. The van der Waals surface area contributed by atoms with E-state index in [9.17, 15) is 0 Å². The molecule has 3 nitrogen and oxygen atoms in total. The third-order valence-corrected chi connectivity index (χ3v) is 2.78. The minimum atomic E-state index is 0.561. The lowest BCUT2D eigenvalue weighted by atomic mass is 10.2. The molecule has 0 aliphatic heterocycles. The normalized spacial score (nSPS) is 10.5. The van der Waals surface area contributed by atoms with Crippen molar-refractivity contribution in [2.75, 3.05) is 18.0 Å². The van der Waals surface area contributed by atoms with Gasteiger partial charge in [0, 0.05) is 30.9 Å². The number of aryl methyl sites for hydroxylation is 1. The summed E-state index contributed by atoms with van der Waals surface area (Å²) < 4.78 is 0. The minimum Gasteiger partial charge on any atom is -0.357 e. The van der Waals surface area contributed by atoms with Gasteiger partial charge < -0.3 is 10.6 Å². The fourth-order valence-corrected chi connectivity index (χ4v) is 1.77. The van der Waals surface area contributed by atoms with Crippen molar-refractivity contribution in [1.82, 2.24) is 4.98 Å². The van der Waals surface area contributed by atoms with Crippen LogP contribution in [0.5, 0.6) is 0 Å². The van der Waals surface area contributed by atoms with E-state index < -0.39 is 0 Å². The Morgan fingerprint density at radius 1 is 1.31 bits per heavy atom. The highest BCUT2D eigenvalue weighted by molar-refractivity contribution is 5.47. The molecule has 0 aromatic carbocycles. The maximum Gasteiger partial charge on any atom is 0.133 e. The van der Waals surface area contributed by atoms with Crippen molar-refractivity contribution in [3.63, 3.8) is 0 Å². The SMILES string of the molecule is CCCCN(CC)c1nc(C)ccc1CN. The highest BCUT2D eigenvalue weighted by atomic mass is 15.2. The van der Waals surface area contributed by atoms with Crippen molar-refractivity contribution >= 4 is 5.82 Å². The summed E-state index contributed by atoms with van der Waals surface area (Å²) in [7, 11) is 0. The Morgan fingerprint density at radius 3 is 2.62 bits per heavy atom. The van der Waals surface area contributed by atoms with E-state index in [1.807, 2.05) is 13.0 Å². The first kappa shape index (κ1) is 13.0. The topological polar surface area (TPSA) is 42.2 Å². The fraction of sp³-hybridized carbons (Fsp3) is 0.615. The number of hydrogen-bond acceptors (Lipinski definition) is 3. The predicted octanol–water partition coefficient (Wildman–Crippen LogP) is 2.48. The number of unbranched alkanes of at least 4 members (excludes halogenated alkanes) is 1. The van der Waals surface area contributed by atoms with Gasteiger partial charge in [0.25, 0.3) is 0 Å². The third kappa shape index (κ3) is 3.20. The number of hydrogen-bond donors (Lipinski definition) is 1. The van der Waals surface area contributed by atoms with Gasteiger partial charge in [0.2, 0.25) is 0 Å². The summed E-state index contributed by atoms with van der Waals surface area (Å²) >= 11 is 0. The predicted molar refractivity (Wildman–Crippen MR) is 69.7 cm³/mol. The third-order valence-electron chi connectivity index (χ3n) is 2.78. The molecular formula is C13H23N3. The van der Waals surface area contributed by atoms with Gasteiger partial charge in [0.15, 0.2) is 0 Å². The van der Waals surface area contributed by atoms with Crippen molar-refractivity contribution in [3.8, 4) is 0 Å². The number of nitrogens with zero attached hydrogens (tertiary/aromatic N) is 2. The van der Waals surface area contributed by atoms with Crippen molar-refractivity contribution in [2.24, 2.45) is 5.73 Å². The highest BCUT2D eigenvalue weighted by Gasteiger charge is 2.10. The number of aromatic nitrogens is 1. The molecular weight excluding hydrogens is 198 g/mol. The molecule has 1 rings (SSSR count). The maximum atomic E-state index is 5.76. The van der Waals surface area contributed by atoms with E-state index in [0.29, 0.717) is 6.54 Å². The summed E-state index contributed by atoms with van der Waals surface area (Å²) in [6.07, 6.45) is 2.41. The monoisotopic (exact) mass is 221 g/mol. The van der Waals surface area contributed by atoms with Crippen LogP contribution >= 0.6 is 0 Å². The second kappa shape index (κ2) is 6.48. The average Bonchev–Trinajstić information content (AvgIpc) is 2.30. The van der Waals surface area contributed by atoms with Crippen LogP contribution in [-0.2, 0) is 6.54 Å². The molecule has 1 heterocycles. The first-order chi connectivity index (χ1) is 7.72. The maximum absolute atomic E-state index is 5.76. The van der Waals surface area contributed by atoms with Gasteiger partial charge in [-0.05, 0) is 26.3 Å². The van der Waals surface area contributed by atoms with Gasteiger partial charge in [-0.25, -0.2) is 4.98 Å². The Labute approximate surface area is 98.7 Å². The van der Waals surface area contributed by atoms with E-state index in [2.05, 4.69) is 29.8 Å². The average molecular weight is 221 g/mol. The molecule has 1 aromatic rings. The van der Waals surface area contributed by atoms with E-state index in [4.69, 9.17) is 5.73 Å². The zero-order valence-corrected chi connectivity index (χ0v) is 10.7. The second-order valence-electron chi connectivity index (χ2n) is 4.07. The Morgan fingerprint density at radius 2 is 2.06 bits per heavy atom. The lowest BCUT2D eigenvalue weighted by molar-refractivity contribution is 0.718. The molecule has 16 heavy (non-hydrogen) atoms. The van der Waals surface area contributed by atoms with Crippen molar-refractivity contribution in [1.29, 1.82) is 0 Å². The number of anilines is 1. The van der Waals surface area contributed by atoms with Gasteiger partial charge in [-0.2, -0.15) is 0 Å². The minimum absolute atomic E-state index is 0.561. The Bertz CT molecular complexity index is 323. The van der Waals surface area contributed by atoms with E-state index in [1.165, 1.54) is 12.8 Å². The quantitative estimate of drug-likeness (QED) is 0.802. The van der Waals surface area contributed by atoms with Crippen LogP contribution in [0.2, 0.25) is 0 Å². The van der Waals surface area contributed by atoms with E-state index in [0.717, 1.165) is 30.2 Å². The summed E-state index contributed by atoms with van der Waals surface area (Å²) in [4.78, 5) is 6.93. The summed E-state index contributed by atoms with van der Waals surface area (Å²) in [6.45, 7) is 9.02. The molecule has 0 radical (unpaired) electrons.